The summed E-state index contributed by atoms with van der Waals surface area (Å²) in [4.78, 5) is 25.9. The molecule has 0 saturated carbocycles. The molecular formula is C16H9Cl2NO3S. The first-order chi connectivity index (χ1) is 11.0. The second-order valence-corrected chi connectivity index (χ2v) is 6.54. The van der Waals surface area contributed by atoms with E-state index in [4.69, 9.17) is 23.2 Å². The fraction of sp³-hybridized carbons (Fsp3) is 0. The fourth-order valence-corrected chi connectivity index (χ4v) is 3.38. The molecule has 0 unspecified atom stereocenters. The number of nitrogens with zero attached hydrogens (tertiary/aromatic N) is 1. The van der Waals surface area contributed by atoms with Crippen LogP contribution in [-0.2, 0) is 4.79 Å². The summed E-state index contributed by atoms with van der Waals surface area (Å²) in [6.07, 6.45) is 1.55. The normalized spacial score (nSPS) is 16.4. The average Bonchev–Trinajstić information content (AvgIpc) is 2.76. The molecule has 0 radical (unpaired) electrons. The highest BCUT2D eigenvalue weighted by Crippen LogP contribution is 2.37. The summed E-state index contributed by atoms with van der Waals surface area (Å²) in [5, 5.41) is 9.95. The number of carbonyl (C=O) groups excluding carboxylic acids is 2. The van der Waals surface area contributed by atoms with Gasteiger partial charge in [-0.3, -0.25) is 9.59 Å². The third-order valence-electron chi connectivity index (χ3n) is 3.13. The molecule has 2 aromatic rings. The summed E-state index contributed by atoms with van der Waals surface area (Å²) >= 11 is 12.7. The number of phenols is 1. The maximum absolute atomic E-state index is 12.5. The van der Waals surface area contributed by atoms with E-state index in [1.54, 1.807) is 36.4 Å². The molecule has 116 valence electrons. The van der Waals surface area contributed by atoms with Crippen LogP contribution in [0.2, 0.25) is 10.0 Å². The highest BCUT2D eigenvalue weighted by atomic mass is 35.5. The molecule has 2 amide bonds. The van der Waals surface area contributed by atoms with E-state index in [0.717, 1.165) is 16.7 Å². The predicted octanol–water partition coefficient (Wildman–Crippen LogP) is 4.94. The SMILES string of the molecule is O=C1S/C(=C/c2ccc(Cl)cc2Cl)C(=O)N1c1cccc(O)c1. The van der Waals surface area contributed by atoms with Gasteiger partial charge in [-0.1, -0.05) is 35.3 Å². The van der Waals surface area contributed by atoms with E-state index >= 15 is 0 Å². The summed E-state index contributed by atoms with van der Waals surface area (Å²) in [7, 11) is 0. The van der Waals surface area contributed by atoms with Crippen molar-refractivity contribution >= 4 is 57.9 Å². The Labute approximate surface area is 146 Å². The number of anilines is 1. The minimum Gasteiger partial charge on any atom is -0.508 e. The Morgan fingerprint density at radius 2 is 1.87 bits per heavy atom. The van der Waals surface area contributed by atoms with Gasteiger partial charge in [0, 0.05) is 16.1 Å². The van der Waals surface area contributed by atoms with Gasteiger partial charge in [0.05, 0.1) is 10.6 Å². The fourth-order valence-electron chi connectivity index (χ4n) is 2.08. The van der Waals surface area contributed by atoms with Crippen LogP contribution >= 0.6 is 35.0 Å². The van der Waals surface area contributed by atoms with E-state index in [2.05, 4.69) is 0 Å². The molecule has 1 saturated heterocycles. The van der Waals surface area contributed by atoms with E-state index in [9.17, 15) is 14.7 Å². The van der Waals surface area contributed by atoms with Crippen LogP contribution in [-0.4, -0.2) is 16.3 Å². The van der Waals surface area contributed by atoms with Crippen LogP contribution in [0.4, 0.5) is 10.5 Å². The van der Waals surface area contributed by atoms with Crippen LogP contribution in [0.25, 0.3) is 6.08 Å². The van der Waals surface area contributed by atoms with Crippen molar-refractivity contribution in [1.82, 2.24) is 0 Å². The number of benzene rings is 2. The molecule has 7 heteroatoms. The third kappa shape index (κ3) is 3.22. The number of hydrogen-bond donors (Lipinski definition) is 1. The molecule has 0 bridgehead atoms. The lowest BCUT2D eigenvalue weighted by atomic mass is 10.2. The zero-order valence-corrected chi connectivity index (χ0v) is 13.8. The number of thioether (sulfide) groups is 1. The summed E-state index contributed by atoms with van der Waals surface area (Å²) in [6, 6.07) is 10.8. The van der Waals surface area contributed by atoms with Gasteiger partial charge in [-0.2, -0.15) is 0 Å². The van der Waals surface area contributed by atoms with Crippen LogP contribution in [0.5, 0.6) is 5.75 Å². The third-order valence-corrected chi connectivity index (χ3v) is 4.56. The molecule has 1 aliphatic rings. The van der Waals surface area contributed by atoms with E-state index in [1.165, 1.54) is 12.1 Å². The largest absolute Gasteiger partial charge is 0.508 e. The summed E-state index contributed by atoms with van der Waals surface area (Å²) in [6.45, 7) is 0. The van der Waals surface area contributed by atoms with Crippen molar-refractivity contribution in [3.63, 3.8) is 0 Å². The Bertz CT molecular complexity index is 851. The van der Waals surface area contributed by atoms with E-state index in [0.29, 0.717) is 21.3 Å². The van der Waals surface area contributed by atoms with Crippen LogP contribution in [0, 0.1) is 0 Å². The lowest BCUT2D eigenvalue weighted by molar-refractivity contribution is -0.113. The predicted molar refractivity (Wildman–Crippen MR) is 93.0 cm³/mol. The van der Waals surface area contributed by atoms with Gasteiger partial charge >= 0.3 is 0 Å². The standard InChI is InChI=1S/C16H9Cl2NO3S/c17-10-5-4-9(13(18)7-10)6-14-15(21)19(16(22)23-14)11-2-1-3-12(20)8-11/h1-8,20H/b14-6+. The minimum atomic E-state index is -0.461. The number of phenolic OH excluding ortho intramolecular Hbond substituents is 1. The van der Waals surface area contributed by atoms with Crippen LogP contribution in [0.1, 0.15) is 5.56 Å². The number of aromatic hydroxyl groups is 1. The van der Waals surface area contributed by atoms with E-state index in [1.807, 2.05) is 0 Å². The first-order valence-electron chi connectivity index (χ1n) is 6.48. The summed E-state index contributed by atoms with van der Waals surface area (Å²) in [5.41, 5.74) is 0.913. The molecule has 0 atom stereocenters. The van der Waals surface area contributed by atoms with Gasteiger partial charge in [-0.25, -0.2) is 4.90 Å². The quantitative estimate of drug-likeness (QED) is 0.765. The Hall–Kier alpha value is -1.95. The number of amides is 2. The van der Waals surface area contributed by atoms with E-state index < -0.39 is 11.1 Å². The molecular weight excluding hydrogens is 357 g/mol. The lowest BCUT2D eigenvalue weighted by Crippen LogP contribution is -2.27. The monoisotopic (exact) mass is 365 g/mol. The van der Waals surface area contributed by atoms with Crippen molar-refractivity contribution in [2.24, 2.45) is 0 Å². The Morgan fingerprint density at radius 1 is 1.09 bits per heavy atom. The number of imide groups is 1. The maximum atomic E-state index is 12.5. The molecule has 4 nitrogen and oxygen atoms in total. The van der Waals surface area contributed by atoms with Gasteiger partial charge in [0.1, 0.15) is 5.75 Å². The molecule has 0 spiro atoms. The number of carbonyl (C=O) groups is 2. The van der Waals surface area contributed by atoms with Gasteiger partial charge in [0.15, 0.2) is 0 Å². The van der Waals surface area contributed by atoms with Gasteiger partial charge in [0.2, 0.25) is 0 Å². The molecule has 1 fully saturated rings. The Kier molecular flexibility index (Phi) is 4.35. The summed E-state index contributed by atoms with van der Waals surface area (Å²) < 4.78 is 0. The smallest absolute Gasteiger partial charge is 0.298 e. The Morgan fingerprint density at radius 3 is 2.57 bits per heavy atom. The maximum Gasteiger partial charge on any atom is 0.298 e. The zero-order valence-electron chi connectivity index (χ0n) is 11.5. The zero-order chi connectivity index (χ0) is 16.6. The van der Waals surface area contributed by atoms with Crippen LogP contribution < -0.4 is 4.90 Å². The molecule has 1 heterocycles. The van der Waals surface area contributed by atoms with Crippen molar-refractivity contribution in [2.75, 3.05) is 4.90 Å². The first-order valence-corrected chi connectivity index (χ1v) is 8.05. The van der Waals surface area contributed by atoms with Crippen molar-refractivity contribution in [3.8, 4) is 5.75 Å². The second kappa shape index (κ2) is 6.28. The average molecular weight is 366 g/mol. The molecule has 2 aromatic carbocycles. The lowest BCUT2D eigenvalue weighted by Gasteiger charge is -2.12. The van der Waals surface area contributed by atoms with Gasteiger partial charge in [-0.15, -0.1) is 0 Å². The molecule has 0 aromatic heterocycles. The minimum absolute atomic E-state index is 0.0220. The van der Waals surface area contributed by atoms with Crippen molar-refractivity contribution in [2.45, 2.75) is 0 Å². The van der Waals surface area contributed by atoms with Crippen molar-refractivity contribution < 1.29 is 14.7 Å². The van der Waals surface area contributed by atoms with Crippen LogP contribution in [0.15, 0.2) is 47.4 Å². The Balaban J connectivity index is 1.96. The number of hydrogen-bond acceptors (Lipinski definition) is 4. The number of halogens is 2. The first kappa shape index (κ1) is 15.9. The molecule has 0 aliphatic carbocycles. The topological polar surface area (TPSA) is 57.6 Å². The van der Waals surface area contributed by atoms with Crippen LogP contribution in [0.3, 0.4) is 0 Å². The van der Waals surface area contributed by atoms with Gasteiger partial charge < -0.3 is 5.11 Å². The highest BCUT2D eigenvalue weighted by Gasteiger charge is 2.36. The van der Waals surface area contributed by atoms with Crippen molar-refractivity contribution in [1.29, 1.82) is 0 Å². The molecule has 23 heavy (non-hydrogen) atoms. The summed E-state index contributed by atoms with van der Waals surface area (Å²) in [5.74, 6) is -0.483. The van der Waals surface area contributed by atoms with Gasteiger partial charge in [-0.05, 0) is 47.7 Å². The van der Waals surface area contributed by atoms with Gasteiger partial charge in [0.25, 0.3) is 11.1 Å². The number of rotatable bonds is 2. The highest BCUT2D eigenvalue weighted by molar-refractivity contribution is 8.19. The van der Waals surface area contributed by atoms with Crippen molar-refractivity contribution in [3.05, 3.63) is 63.0 Å². The van der Waals surface area contributed by atoms with E-state index in [-0.39, 0.29) is 10.7 Å². The second-order valence-electron chi connectivity index (χ2n) is 4.70. The molecule has 3 rings (SSSR count). The molecule has 1 N–H and O–H groups in total. The molecule has 1 aliphatic heterocycles.